The fourth-order valence-corrected chi connectivity index (χ4v) is 1.43. The summed E-state index contributed by atoms with van der Waals surface area (Å²) in [7, 11) is 0. The Morgan fingerprint density at radius 3 is 2.27 bits per heavy atom. The van der Waals surface area contributed by atoms with Crippen molar-refractivity contribution >= 4 is 15.9 Å². The van der Waals surface area contributed by atoms with E-state index in [9.17, 15) is 0 Å². The van der Waals surface area contributed by atoms with Gasteiger partial charge in [-0.15, -0.1) is 20.4 Å². The van der Waals surface area contributed by atoms with Gasteiger partial charge in [-0.25, -0.2) is 0 Å². The molecule has 1 aromatic heterocycles. The summed E-state index contributed by atoms with van der Waals surface area (Å²) in [6.45, 7) is 3.78. The number of benzene rings is 1. The summed E-state index contributed by atoms with van der Waals surface area (Å²) in [5.74, 6) is 1.13. The fourth-order valence-electron chi connectivity index (χ4n) is 1.18. The van der Waals surface area contributed by atoms with Crippen molar-refractivity contribution in [1.82, 2.24) is 20.4 Å². The van der Waals surface area contributed by atoms with Gasteiger partial charge in [-0.2, -0.15) is 0 Å². The summed E-state index contributed by atoms with van der Waals surface area (Å²) in [6.07, 6.45) is 0. The molecule has 0 saturated heterocycles. The van der Waals surface area contributed by atoms with E-state index in [1.54, 1.807) is 6.92 Å². The maximum atomic E-state index is 3.98. The van der Waals surface area contributed by atoms with Crippen molar-refractivity contribution in [2.45, 2.75) is 13.8 Å². The summed E-state index contributed by atoms with van der Waals surface area (Å²) in [6, 6.07) is 5.90. The molecule has 76 valence electrons. The molecular weight excluding hydrogens is 256 g/mol. The van der Waals surface area contributed by atoms with E-state index in [1.165, 1.54) is 0 Å². The molecule has 0 aliphatic rings. The van der Waals surface area contributed by atoms with Gasteiger partial charge >= 0.3 is 0 Å². The highest BCUT2D eigenvalue weighted by Crippen LogP contribution is 2.21. The van der Waals surface area contributed by atoms with Crippen LogP contribution in [0.15, 0.2) is 22.7 Å². The average molecular weight is 265 g/mol. The van der Waals surface area contributed by atoms with Gasteiger partial charge < -0.3 is 0 Å². The average Bonchev–Trinajstić information content (AvgIpc) is 2.23. The van der Waals surface area contributed by atoms with E-state index < -0.39 is 0 Å². The minimum absolute atomic E-state index is 0.552. The van der Waals surface area contributed by atoms with Crippen molar-refractivity contribution in [1.29, 1.82) is 0 Å². The van der Waals surface area contributed by atoms with Crippen LogP contribution in [0, 0.1) is 13.8 Å². The zero-order chi connectivity index (χ0) is 10.8. The summed E-state index contributed by atoms with van der Waals surface area (Å²) >= 11 is 3.44. The highest BCUT2D eigenvalue weighted by molar-refractivity contribution is 9.10. The molecule has 4 nitrogen and oxygen atoms in total. The number of aryl methyl sites for hydroxylation is 2. The summed E-state index contributed by atoms with van der Waals surface area (Å²) in [5, 5.41) is 15.7. The first-order chi connectivity index (χ1) is 7.16. The lowest BCUT2D eigenvalue weighted by Crippen LogP contribution is -1.98. The van der Waals surface area contributed by atoms with Crippen LogP contribution in [0.25, 0.3) is 11.4 Å². The molecule has 0 fully saturated rings. The lowest BCUT2D eigenvalue weighted by atomic mass is 10.1. The van der Waals surface area contributed by atoms with E-state index in [0.29, 0.717) is 11.6 Å². The largest absolute Gasteiger partial charge is 0.203 e. The summed E-state index contributed by atoms with van der Waals surface area (Å²) in [5.41, 5.74) is 2.06. The van der Waals surface area contributed by atoms with Gasteiger partial charge in [0.1, 0.15) is 0 Å². The molecule has 2 rings (SSSR count). The Balaban J connectivity index is 2.45. The second kappa shape index (κ2) is 4.02. The van der Waals surface area contributed by atoms with Crippen molar-refractivity contribution in [2.24, 2.45) is 0 Å². The number of aromatic nitrogens is 4. The Hall–Kier alpha value is -1.36. The van der Waals surface area contributed by atoms with Crippen molar-refractivity contribution in [3.05, 3.63) is 34.1 Å². The normalized spacial score (nSPS) is 10.3. The molecule has 0 radical (unpaired) electrons. The highest BCUT2D eigenvalue weighted by Gasteiger charge is 2.04. The lowest BCUT2D eigenvalue weighted by Gasteiger charge is -2.01. The quantitative estimate of drug-likeness (QED) is 0.793. The minimum Gasteiger partial charge on any atom is -0.131 e. The smallest absolute Gasteiger partial charge is 0.131 e. The number of hydrogen-bond donors (Lipinski definition) is 0. The van der Waals surface area contributed by atoms with Gasteiger partial charge in [0.15, 0.2) is 5.82 Å². The zero-order valence-electron chi connectivity index (χ0n) is 8.40. The van der Waals surface area contributed by atoms with Crippen LogP contribution in [-0.2, 0) is 0 Å². The van der Waals surface area contributed by atoms with Crippen LogP contribution < -0.4 is 0 Å². The zero-order valence-corrected chi connectivity index (χ0v) is 9.98. The molecule has 0 spiro atoms. The van der Waals surface area contributed by atoms with Gasteiger partial charge in [0, 0.05) is 10.0 Å². The topological polar surface area (TPSA) is 51.6 Å². The number of hydrogen-bond acceptors (Lipinski definition) is 4. The second-order valence-corrected chi connectivity index (χ2v) is 4.09. The molecular formula is C10H9BrN4. The first-order valence-corrected chi connectivity index (χ1v) is 5.26. The maximum absolute atomic E-state index is 3.98. The minimum atomic E-state index is 0.552. The highest BCUT2D eigenvalue weighted by atomic mass is 79.9. The first kappa shape index (κ1) is 10.2. The van der Waals surface area contributed by atoms with Crippen LogP contribution in [0.1, 0.15) is 11.4 Å². The molecule has 5 heteroatoms. The van der Waals surface area contributed by atoms with Crippen LogP contribution in [0.2, 0.25) is 0 Å². The molecule has 0 amide bonds. The predicted octanol–water partition coefficient (Wildman–Crippen LogP) is 2.31. The van der Waals surface area contributed by atoms with E-state index in [1.807, 2.05) is 25.1 Å². The number of halogens is 1. The van der Waals surface area contributed by atoms with Gasteiger partial charge in [-0.1, -0.05) is 15.9 Å². The van der Waals surface area contributed by atoms with E-state index >= 15 is 0 Å². The van der Waals surface area contributed by atoms with Crippen LogP contribution in [0.5, 0.6) is 0 Å². The third-order valence-corrected chi connectivity index (χ3v) is 2.88. The van der Waals surface area contributed by atoms with Gasteiger partial charge in [0.2, 0.25) is 5.82 Å². The molecule has 0 atom stereocenters. The van der Waals surface area contributed by atoms with Crippen LogP contribution in [-0.4, -0.2) is 20.4 Å². The molecule has 0 aliphatic carbocycles. The Bertz CT molecular complexity index is 481. The SMILES string of the molecule is Cc1nnc(-c2ccc(Br)c(C)c2)nn1. The molecule has 0 N–H and O–H groups in total. The molecule has 0 aliphatic heterocycles. The molecule has 2 aromatic rings. The van der Waals surface area contributed by atoms with E-state index in [2.05, 4.69) is 36.3 Å². The maximum Gasteiger partial charge on any atom is 0.203 e. The first-order valence-electron chi connectivity index (χ1n) is 4.47. The molecule has 1 heterocycles. The second-order valence-electron chi connectivity index (χ2n) is 3.23. The Labute approximate surface area is 95.9 Å². The van der Waals surface area contributed by atoms with E-state index in [-0.39, 0.29) is 0 Å². The third-order valence-electron chi connectivity index (χ3n) is 2.00. The van der Waals surface area contributed by atoms with Crippen LogP contribution >= 0.6 is 15.9 Å². The Kier molecular flexibility index (Phi) is 2.73. The van der Waals surface area contributed by atoms with E-state index in [0.717, 1.165) is 15.6 Å². The van der Waals surface area contributed by atoms with Gasteiger partial charge in [-0.3, -0.25) is 0 Å². The standard InChI is InChI=1S/C10H9BrN4/c1-6-5-8(3-4-9(6)11)10-14-12-7(2)13-15-10/h3-5H,1-2H3. The van der Waals surface area contributed by atoms with Gasteiger partial charge in [-0.05, 0) is 37.6 Å². The third kappa shape index (κ3) is 2.18. The number of rotatable bonds is 1. The number of nitrogens with zero attached hydrogens (tertiary/aromatic N) is 4. The molecule has 0 bridgehead atoms. The summed E-state index contributed by atoms with van der Waals surface area (Å²) < 4.78 is 1.07. The van der Waals surface area contributed by atoms with Crippen molar-refractivity contribution in [3.8, 4) is 11.4 Å². The predicted molar refractivity (Wildman–Crippen MR) is 60.2 cm³/mol. The van der Waals surface area contributed by atoms with Crippen molar-refractivity contribution in [2.75, 3.05) is 0 Å². The van der Waals surface area contributed by atoms with E-state index in [4.69, 9.17) is 0 Å². The Morgan fingerprint density at radius 2 is 1.67 bits per heavy atom. The van der Waals surface area contributed by atoms with Crippen LogP contribution in [0.3, 0.4) is 0 Å². The molecule has 15 heavy (non-hydrogen) atoms. The van der Waals surface area contributed by atoms with Crippen LogP contribution in [0.4, 0.5) is 0 Å². The molecule has 1 aromatic carbocycles. The molecule has 0 saturated carbocycles. The Morgan fingerprint density at radius 1 is 1.00 bits per heavy atom. The fraction of sp³-hybridized carbons (Fsp3) is 0.200. The van der Waals surface area contributed by atoms with Crippen molar-refractivity contribution in [3.63, 3.8) is 0 Å². The molecule has 0 unspecified atom stereocenters. The van der Waals surface area contributed by atoms with Crippen molar-refractivity contribution < 1.29 is 0 Å². The van der Waals surface area contributed by atoms with Gasteiger partial charge in [0.05, 0.1) is 0 Å². The summed E-state index contributed by atoms with van der Waals surface area (Å²) in [4.78, 5) is 0. The van der Waals surface area contributed by atoms with Gasteiger partial charge in [0.25, 0.3) is 0 Å². The lowest BCUT2D eigenvalue weighted by molar-refractivity contribution is 0.816. The monoisotopic (exact) mass is 264 g/mol.